The van der Waals surface area contributed by atoms with Crippen molar-refractivity contribution in [1.82, 2.24) is 14.6 Å². The van der Waals surface area contributed by atoms with Crippen LogP contribution >= 0.6 is 0 Å². The lowest BCUT2D eigenvalue weighted by molar-refractivity contribution is 0.660. The summed E-state index contributed by atoms with van der Waals surface area (Å²) in [6.07, 6.45) is 3.87. The van der Waals surface area contributed by atoms with E-state index in [2.05, 4.69) is 140 Å². The first-order chi connectivity index (χ1) is 21.1. The quantitative estimate of drug-likeness (QED) is 0.204. The molecule has 0 unspecified atom stereocenters. The number of rotatable bonds is 1. The second-order valence-electron chi connectivity index (χ2n) is 12.6. The van der Waals surface area contributed by atoms with Gasteiger partial charge in [0.15, 0.2) is 5.65 Å². The van der Waals surface area contributed by atoms with Gasteiger partial charge < -0.3 is 0 Å². The van der Waals surface area contributed by atoms with Gasteiger partial charge >= 0.3 is 0 Å². The van der Waals surface area contributed by atoms with Crippen molar-refractivity contribution < 1.29 is 0 Å². The Morgan fingerprint density at radius 1 is 0.535 bits per heavy atom. The fourth-order valence-corrected chi connectivity index (χ4v) is 8.69. The first-order valence-electron chi connectivity index (χ1n) is 15.0. The van der Waals surface area contributed by atoms with Crippen molar-refractivity contribution in [2.24, 2.45) is 0 Å². The predicted molar refractivity (Wildman–Crippen MR) is 172 cm³/mol. The van der Waals surface area contributed by atoms with Crippen molar-refractivity contribution in [2.75, 3.05) is 0 Å². The van der Waals surface area contributed by atoms with Gasteiger partial charge in [-0.25, -0.2) is 9.50 Å². The van der Waals surface area contributed by atoms with Crippen LogP contribution in [0.2, 0.25) is 0 Å². The van der Waals surface area contributed by atoms with Crippen LogP contribution in [-0.2, 0) is 10.8 Å². The molecule has 10 rings (SSSR count). The van der Waals surface area contributed by atoms with Crippen molar-refractivity contribution in [3.63, 3.8) is 0 Å². The molecule has 5 aromatic carbocycles. The molecular weight excluding hydrogens is 522 g/mol. The van der Waals surface area contributed by atoms with E-state index in [1.54, 1.807) is 6.33 Å². The number of hydrogen-bond acceptors (Lipinski definition) is 2. The van der Waals surface area contributed by atoms with Gasteiger partial charge in [0, 0.05) is 22.7 Å². The Kier molecular flexibility index (Phi) is 4.20. The summed E-state index contributed by atoms with van der Waals surface area (Å²) in [5.74, 6) is 0. The summed E-state index contributed by atoms with van der Waals surface area (Å²) in [6, 6.07) is 43.0. The molecule has 0 aliphatic heterocycles. The Bertz CT molecular complexity index is 2270. The van der Waals surface area contributed by atoms with Crippen molar-refractivity contribution in [2.45, 2.75) is 24.7 Å². The third-order valence-corrected chi connectivity index (χ3v) is 10.4. The van der Waals surface area contributed by atoms with E-state index in [0.717, 1.165) is 5.65 Å². The third kappa shape index (κ3) is 2.63. The van der Waals surface area contributed by atoms with Crippen molar-refractivity contribution in [3.05, 3.63) is 161 Å². The lowest BCUT2D eigenvalue weighted by Crippen LogP contribution is -2.25. The fourth-order valence-electron chi connectivity index (χ4n) is 8.69. The maximum absolute atomic E-state index is 4.75. The number of nitrogens with zero attached hydrogens (tertiary/aromatic N) is 3. The summed E-state index contributed by atoms with van der Waals surface area (Å²) in [4.78, 5) is 4.75. The van der Waals surface area contributed by atoms with Crippen LogP contribution in [-0.4, -0.2) is 14.6 Å². The lowest BCUT2D eigenvalue weighted by atomic mass is 9.70. The Hall–Kier alpha value is -5.28. The number of pyridine rings is 1. The Morgan fingerprint density at radius 3 is 1.70 bits per heavy atom. The minimum atomic E-state index is -0.368. The second-order valence-corrected chi connectivity index (χ2v) is 12.6. The third-order valence-electron chi connectivity index (χ3n) is 10.4. The van der Waals surface area contributed by atoms with Gasteiger partial charge in [-0.05, 0) is 72.8 Å². The molecule has 1 spiro atoms. The van der Waals surface area contributed by atoms with E-state index in [1.165, 1.54) is 77.9 Å². The molecule has 43 heavy (non-hydrogen) atoms. The SMILES string of the molecule is CC1(C)c2ccccc2-c2c(-c3ccc4c(c3)C3(c5ccccc5-c5ccccc53)c3ccccc3-4)cn3ncnc3c21. The first-order valence-corrected chi connectivity index (χ1v) is 15.0. The minimum absolute atomic E-state index is 0.187. The van der Waals surface area contributed by atoms with E-state index >= 15 is 0 Å². The summed E-state index contributed by atoms with van der Waals surface area (Å²) in [6.45, 7) is 4.63. The zero-order valence-corrected chi connectivity index (χ0v) is 24.0. The van der Waals surface area contributed by atoms with Crippen LogP contribution in [0, 0.1) is 0 Å². The van der Waals surface area contributed by atoms with Crippen molar-refractivity contribution >= 4 is 5.65 Å². The van der Waals surface area contributed by atoms with Crippen molar-refractivity contribution in [1.29, 1.82) is 0 Å². The Labute approximate surface area is 250 Å². The molecule has 202 valence electrons. The zero-order chi connectivity index (χ0) is 28.5. The zero-order valence-electron chi connectivity index (χ0n) is 24.0. The summed E-state index contributed by atoms with van der Waals surface area (Å²) < 4.78 is 1.97. The molecule has 0 N–H and O–H groups in total. The highest BCUT2D eigenvalue weighted by Crippen LogP contribution is 2.63. The van der Waals surface area contributed by atoms with Crippen LogP contribution in [0.1, 0.15) is 47.2 Å². The van der Waals surface area contributed by atoms with Gasteiger partial charge in [0.2, 0.25) is 0 Å². The molecule has 0 amide bonds. The standard InChI is InChI=1S/C40H27N3/c1-39(2)31-15-7-6-14-29(31)36-30(22-43-38(37(36)39)41-23-42-43)24-19-20-28-27-13-5-10-18-34(27)40(35(28)21-24)32-16-8-3-11-25(32)26-12-4-9-17-33(26)40/h3-23H,1-2H3. The maximum atomic E-state index is 4.75. The molecule has 0 saturated heterocycles. The topological polar surface area (TPSA) is 30.2 Å². The predicted octanol–water partition coefficient (Wildman–Crippen LogP) is 9.05. The molecule has 2 aromatic heterocycles. The van der Waals surface area contributed by atoms with E-state index in [4.69, 9.17) is 4.98 Å². The Morgan fingerprint density at radius 2 is 1.07 bits per heavy atom. The molecular formula is C40H27N3. The van der Waals surface area contributed by atoms with Crippen molar-refractivity contribution in [3.8, 4) is 44.5 Å². The summed E-state index contributed by atoms with van der Waals surface area (Å²) in [5, 5.41) is 4.65. The fraction of sp³-hybridized carbons (Fsp3) is 0.100. The Balaban J connectivity index is 1.33. The molecule has 3 aliphatic rings. The molecule has 0 bridgehead atoms. The second kappa shape index (κ2) is 7.76. The number of hydrogen-bond donors (Lipinski definition) is 0. The summed E-state index contributed by atoms with van der Waals surface area (Å²) in [7, 11) is 0. The molecule has 0 radical (unpaired) electrons. The molecule has 0 atom stereocenters. The van der Waals surface area contributed by atoms with Gasteiger partial charge in [-0.3, -0.25) is 0 Å². The minimum Gasteiger partial charge on any atom is -0.220 e. The smallest absolute Gasteiger partial charge is 0.159 e. The summed E-state index contributed by atoms with van der Waals surface area (Å²) in [5.41, 5.74) is 18.6. The summed E-state index contributed by atoms with van der Waals surface area (Å²) >= 11 is 0. The van der Waals surface area contributed by atoms with E-state index in [0.29, 0.717) is 0 Å². The van der Waals surface area contributed by atoms with Gasteiger partial charge in [0.05, 0.1) is 5.41 Å². The average Bonchev–Trinajstić information content (AvgIpc) is 3.77. The lowest BCUT2D eigenvalue weighted by Gasteiger charge is -2.30. The number of aromatic nitrogens is 3. The normalized spacial score (nSPS) is 15.6. The highest BCUT2D eigenvalue weighted by molar-refractivity contribution is 5.99. The molecule has 3 heteroatoms. The van der Waals surface area contributed by atoms with E-state index in [-0.39, 0.29) is 10.8 Å². The molecule has 2 heterocycles. The van der Waals surface area contributed by atoms with Crippen LogP contribution < -0.4 is 0 Å². The van der Waals surface area contributed by atoms with Crippen LogP contribution in [0.3, 0.4) is 0 Å². The van der Waals surface area contributed by atoms with Crippen LogP contribution in [0.15, 0.2) is 128 Å². The highest BCUT2D eigenvalue weighted by atomic mass is 15.3. The van der Waals surface area contributed by atoms with E-state index < -0.39 is 0 Å². The molecule has 3 nitrogen and oxygen atoms in total. The highest BCUT2D eigenvalue weighted by Gasteiger charge is 2.51. The maximum Gasteiger partial charge on any atom is 0.159 e. The van der Waals surface area contributed by atoms with Crippen LogP contribution in [0.4, 0.5) is 0 Å². The van der Waals surface area contributed by atoms with Gasteiger partial charge in [-0.2, -0.15) is 5.10 Å². The monoisotopic (exact) mass is 549 g/mol. The molecule has 3 aliphatic carbocycles. The van der Waals surface area contributed by atoms with Gasteiger partial charge in [-0.15, -0.1) is 0 Å². The molecule has 0 saturated carbocycles. The number of benzene rings is 5. The van der Waals surface area contributed by atoms with Gasteiger partial charge in [0.25, 0.3) is 0 Å². The molecule has 0 fully saturated rings. The van der Waals surface area contributed by atoms with Crippen LogP contribution in [0.5, 0.6) is 0 Å². The van der Waals surface area contributed by atoms with Gasteiger partial charge in [0.1, 0.15) is 6.33 Å². The average molecular weight is 550 g/mol. The van der Waals surface area contributed by atoms with Crippen LogP contribution in [0.25, 0.3) is 50.2 Å². The molecule has 7 aromatic rings. The first kappa shape index (κ1) is 23.3. The van der Waals surface area contributed by atoms with Gasteiger partial charge in [-0.1, -0.05) is 123 Å². The van der Waals surface area contributed by atoms with E-state index in [1.807, 2.05) is 4.52 Å². The number of fused-ring (bicyclic) bond motifs is 15. The largest absolute Gasteiger partial charge is 0.220 e. The van der Waals surface area contributed by atoms with E-state index in [9.17, 15) is 0 Å².